The van der Waals surface area contributed by atoms with Crippen molar-refractivity contribution in [3.8, 4) is 0 Å². The van der Waals surface area contributed by atoms with Crippen LogP contribution in [0.15, 0.2) is 78.9 Å². The van der Waals surface area contributed by atoms with Crippen molar-refractivity contribution in [1.29, 1.82) is 0 Å². The van der Waals surface area contributed by atoms with Crippen LogP contribution >= 0.6 is 0 Å². The minimum absolute atomic E-state index is 0.312. The van der Waals surface area contributed by atoms with Crippen molar-refractivity contribution in [2.75, 3.05) is 19.5 Å². The summed E-state index contributed by atoms with van der Waals surface area (Å²) in [6, 6.07) is 24.9. The highest BCUT2D eigenvalue weighted by Crippen LogP contribution is 2.19. The van der Waals surface area contributed by atoms with Gasteiger partial charge >= 0.3 is 5.97 Å². The number of hydrogen-bond donors (Lipinski definition) is 1. The van der Waals surface area contributed by atoms with Crippen LogP contribution in [-0.4, -0.2) is 35.1 Å². The SMILES string of the molecule is COOCc1ccccc1Cc1nc(Cc2ccccc2C(=O)OC)nc(Nc2ccccc2)n1. The summed E-state index contributed by atoms with van der Waals surface area (Å²) in [5.74, 6) is 1.16. The maximum atomic E-state index is 12.3. The third kappa shape index (κ3) is 6.47. The van der Waals surface area contributed by atoms with Crippen molar-refractivity contribution in [2.45, 2.75) is 19.4 Å². The minimum atomic E-state index is -0.399. The lowest BCUT2D eigenvalue weighted by molar-refractivity contribution is -0.282. The van der Waals surface area contributed by atoms with Crippen LogP contribution < -0.4 is 5.32 Å². The molecule has 0 unspecified atom stereocenters. The number of ether oxygens (including phenoxy) is 1. The van der Waals surface area contributed by atoms with Crippen LogP contribution in [0.2, 0.25) is 0 Å². The second-order valence-electron chi connectivity index (χ2n) is 7.68. The van der Waals surface area contributed by atoms with Crippen LogP contribution in [0.25, 0.3) is 0 Å². The molecule has 0 aliphatic rings. The zero-order valence-electron chi connectivity index (χ0n) is 19.6. The van der Waals surface area contributed by atoms with Gasteiger partial charge in [0.2, 0.25) is 5.95 Å². The van der Waals surface area contributed by atoms with Gasteiger partial charge in [-0.25, -0.2) is 19.6 Å². The summed E-state index contributed by atoms with van der Waals surface area (Å²) in [5, 5.41) is 3.26. The summed E-state index contributed by atoms with van der Waals surface area (Å²) in [6.45, 7) is 0.312. The van der Waals surface area contributed by atoms with E-state index in [1.54, 1.807) is 12.1 Å². The summed E-state index contributed by atoms with van der Waals surface area (Å²) in [5.41, 5.74) is 4.11. The molecule has 0 amide bonds. The maximum absolute atomic E-state index is 12.3. The molecular weight excluding hydrogens is 444 g/mol. The van der Waals surface area contributed by atoms with Gasteiger partial charge in [-0.15, -0.1) is 0 Å². The molecule has 0 fully saturated rings. The van der Waals surface area contributed by atoms with Gasteiger partial charge in [0.25, 0.3) is 0 Å². The third-order valence-electron chi connectivity index (χ3n) is 5.33. The fourth-order valence-corrected chi connectivity index (χ4v) is 3.65. The molecule has 3 aromatic carbocycles. The number of rotatable bonds is 10. The molecule has 0 atom stereocenters. The number of anilines is 2. The first-order valence-corrected chi connectivity index (χ1v) is 11.1. The van der Waals surface area contributed by atoms with Crippen LogP contribution in [0, 0.1) is 0 Å². The Morgan fingerprint density at radius 3 is 2.03 bits per heavy atom. The summed E-state index contributed by atoms with van der Waals surface area (Å²) in [4.78, 5) is 36.2. The monoisotopic (exact) mass is 470 g/mol. The van der Waals surface area contributed by atoms with Gasteiger partial charge in [-0.3, -0.25) is 0 Å². The van der Waals surface area contributed by atoms with Crippen LogP contribution in [0.5, 0.6) is 0 Å². The normalized spacial score (nSPS) is 10.7. The number of carbonyl (C=O) groups is 1. The van der Waals surface area contributed by atoms with Gasteiger partial charge in [0, 0.05) is 18.5 Å². The molecule has 0 radical (unpaired) electrons. The number of aromatic nitrogens is 3. The average molecular weight is 471 g/mol. The number of hydrogen-bond acceptors (Lipinski definition) is 8. The number of carbonyl (C=O) groups excluding carboxylic acids is 1. The van der Waals surface area contributed by atoms with Gasteiger partial charge in [-0.2, -0.15) is 9.97 Å². The van der Waals surface area contributed by atoms with Crippen LogP contribution in [0.1, 0.15) is 38.7 Å². The number of nitrogens with one attached hydrogen (secondary N) is 1. The molecular formula is C27H26N4O4. The van der Waals surface area contributed by atoms with Gasteiger partial charge in [0.05, 0.1) is 19.8 Å². The van der Waals surface area contributed by atoms with E-state index in [4.69, 9.17) is 19.5 Å². The lowest BCUT2D eigenvalue weighted by Gasteiger charge is -2.12. The molecule has 35 heavy (non-hydrogen) atoms. The third-order valence-corrected chi connectivity index (χ3v) is 5.33. The lowest BCUT2D eigenvalue weighted by Crippen LogP contribution is -2.11. The smallest absolute Gasteiger partial charge is 0.338 e. The topological polar surface area (TPSA) is 95.5 Å². The van der Waals surface area contributed by atoms with E-state index in [0.717, 1.165) is 22.4 Å². The predicted octanol–water partition coefficient (Wildman–Crippen LogP) is 4.66. The van der Waals surface area contributed by atoms with Gasteiger partial charge in [0.1, 0.15) is 18.3 Å². The van der Waals surface area contributed by atoms with Gasteiger partial charge in [-0.05, 0) is 34.9 Å². The average Bonchev–Trinajstić information content (AvgIpc) is 2.88. The highest BCUT2D eigenvalue weighted by atomic mass is 17.2. The predicted molar refractivity (Wildman–Crippen MR) is 131 cm³/mol. The number of para-hydroxylation sites is 1. The Morgan fingerprint density at radius 2 is 1.34 bits per heavy atom. The second kappa shape index (κ2) is 11.8. The quantitative estimate of drug-likeness (QED) is 0.203. The van der Waals surface area contributed by atoms with Crippen molar-refractivity contribution < 1.29 is 19.3 Å². The Kier molecular flexibility index (Phi) is 8.11. The van der Waals surface area contributed by atoms with E-state index in [2.05, 4.69) is 15.3 Å². The summed E-state index contributed by atoms with van der Waals surface area (Å²) < 4.78 is 4.94. The fourth-order valence-electron chi connectivity index (χ4n) is 3.65. The van der Waals surface area contributed by atoms with E-state index >= 15 is 0 Å². The molecule has 0 saturated heterocycles. The Balaban J connectivity index is 1.69. The molecule has 1 aromatic heterocycles. The second-order valence-corrected chi connectivity index (χ2v) is 7.68. The van der Waals surface area contributed by atoms with E-state index in [9.17, 15) is 4.79 Å². The van der Waals surface area contributed by atoms with Crippen LogP contribution in [0.3, 0.4) is 0 Å². The highest BCUT2D eigenvalue weighted by molar-refractivity contribution is 5.91. The van der Waals surface area contributed by atoms with E-state index in [1.807, 2.05) is 66.7 Å². The number of methoxy groups -OCH3 is 1. The van der Waals surface area contributed by atoms with Gasteiger partial charge in [0.15, 0.2) is 0 Å². The van der Waals surface area contributed by atoms with Crippen molar-refractivity contribution in [1.82, 2.24) is 15.0 Å². The Labute approximate surface area is 203 Å². The highest BCUT2D eigenvalue weighted by Gasteiger charge is 2.15. The van der Waals surface area contributed by atoms with Crippen molar-refractivity contribution in [2.24, 2.45) is 0 Å². The first-order valence-electron chi connectivity index (χ1n) is 11.1. The van der Waals surface area contributed by atoms with Crippen molar-refractivity contribution in [3.05, 3.63) is 113 Å². The number of esters is 1. The molecule has 178 valence electrons. The van der Waals surface area contributed by atoms with E-state index in [0.29, 0.717) is 42.6 Å². The number of nitrogens with zero attached hydrogens (tertiary/aromatic N) is 3. The van der Waals surface area contributed by atoms with Gasteiger partial charge < -0.3 is 10.1 Å². The summed E-state index contributed by atoms with van der Waals surface area (Å²) >= 11 is 0. The molecule has 0 saturated carbocycles. The Morgan fingerprint density at radius 1 is 0.743 bits per heavy atom. The maximum Gasteiger partial charge on any atom is 0.338 e. The molecule has 4 aromatic rings. The van der Waals surface area contributed by atoms with E-state index in [-0.39, 0.29) is 0 Å². The largest absolute Gasteiger partial charge is 0.465 e. The first kappa shape index (κ1) is 24.0. The van der Waals surface area contributed by atoms with Crippen molar-refractivity contribution in [3.63, 3.8) is 0 Å². The first-order chi connectivity index (χ1) is 17.2. The van der Waals surface area contributed by atoms with Crippen molar-refractivity contribution >= 4 is 17.6 Å². The molecule has 8 heteroatoms. The zero-order chi connectivity index (χ0) is 24.5. The number of benzene rings is 3. The Bertz CT molecular complexity index is 1280. The lowest BCUT2D eigenvalue weighted by atomic mass is 10.0. The molecule has 8 nitrogen and oxygen atoms in total. The zero-order valence-corrected chi connectivity index (χ0v) is 19.6. The summed E-state index contributed by atoms with van der Waals surface area (Å²) in [6.07, 6.45) is 0.819. The molecule has 4 rings (SSSR count). The Hall–Kier alpha value is -4.14. The molecule has 0 aliphatic heterocycles. The molecule has 0 bridgehead atoms. The molecule has 1 heterocycles. The fraction of sp³-hybridized carbons (Fsp3) is 0.185. The van der Waals surface area contributed by atoms with Crippen LogP contribution in [-0.2, 0) is 34.0 Å². The molecule has 0 aliphatic carbocycles. The standard InChI is InChI=1S/C27H26N4O4/c1-33-26(32)23-15-9-8-11-20(23)17-25-29-24(16-19-10-6-7-12-21(19)18-35-34-2)30-27(31-25)28-22-13-4-3-5-14-22/h3-15H,16-18H2,1-2H3,(H,28,29,30,31). The van der Waals surface area contributed by atoms with Crippen LogP contribution in [0.4, 0.5) is 11.6 Å². The minimum Gasteiger partial charge on any atom is -0.465 e. The van der Waals surface area contributed by atoms with Gasteiger partial charge in [-0.1, -0.05) is 60.7 Å². The molecule has 1 N–H and O–H groups in total. The molecule has 0 spiro atoms. The van der Waals surface area contributed by atoms with E-state index < -0.39 is 5.97 Å². The summed E-state index contributed by atoms with van der Waals surface area (Å²) in [7, 11) is 2.85. The van der Waals surface area contributed by atoms with E-state index in [1.165, 1.54) is 14.2 Å².